The summed E-state index contributed by atoms with van der Waals surface area (Å²) < 4.78 is 5.19. The first-order valence-electron chi connectivity index (χ1n) is 5.65. The first kappa shape index (κ1) is 11.7. The highest BCUT2D eigenvalue weighted by Crippen LogP contribution is 2.13. The molecule has 0 saturated carbocycles. The van der Waals surface area contributed by atoms with Crippen LogP contribution in [0.2, 0.25) is 0 Å². The van der Waals surface area contributed by atoms with E-state index in [1.165, 1.54) is 5.56 Å². The molecular formula is C13H17N3O. The minimum atomic E-state index is 0.205. The second kappa shape index (κ2) is 5.50. The Kier molecular flexibility index (Phi) is 3.77. The molecule has 0 radical (unpaired) electrons. The average Bonchev–Trinajstić information content (AvgIpc) is 2.90. The lowest BCUT2D eigenvalue weighted by Gasteiger charge is -2.11. The number of rotatable bonds is 5. The maximum absolute atomic E-state index is 5.19. The van der Waals surface area contributed by atoms with Gasteiger partial charge in [-0.3, -0.25) is 0 Å². The molecule has 2 N–H and O–H groups in total. The molecule has 2 aromatic rings. The van der Waals surface area contributed by atoms with Gasteiger partial charge in [-0.15, -0.1) is 0 Å². The lowest BCUT2D eigenvalue weighted by atomic mass is 10.2. The third kappa shape index (κ3) is 3.07. The Morgan fingerprint density at radius 3 is 3.06 bits per heavy atom. The number of imidazole rings is 1. The van der Waals surface area contributed by atoms with E-state index in [9.17, 15) is 0 Å². The van der Waals surface area contributed by atoms with Gasteiger partial charge in [0.1, 0.15) is 11.6 Å². The highest BCUT2D eigenvalue weighted by atomic mass is 16.5. The zero-order valence-corrected chi connectivity index (χ0v) is 10.1. The summed E-state index contributed by atoms with van der Waals surface area (Å²) in [6.45, 7) is 2.87. The number of hydrogen-bond donors (Lipinski definition) is 2. The van der Waals surface area contributed by atoms with Crippen molar-refractivity contribution in [3.8, 4) is 5.75 Å². The number of benzene rings is 1. The molecule has 4 heteroatoms. The van der Waals surface area contributed by atoms with E-state index >= 15 is 0 Å². The van der Waals surface area contributed by atoms with Gasteiger partial charge in [0.25, 0.3) is 0 Å². The van der Waals surface area contributed by atoms with Crippen molar-refractivity contribution in [1.82, 2.24) is 15.3 Å². The Morgan fingerprint density at radius 2 is 2.35 bits per heavy atom. The number of methoxy groups -OCH3 is 1. The number of hydrogen-bond acceptors (Lipinski definition) is 3. The lowest BCUT2D eigenvalue weighted by molar-refractivity contribution is 0.414. The van der Waals surface area contributed by atoms with Crippen molar-refractivity contribution in [3.63, 3.8) is 0 Å². The van der Waals surface area contributed by atoms with Crippen LogP contribution in [0.1, 0.15) is 24.4 Å². The van der Waals surface area contributed by atoms with Crippen molar-refractivity contribution in [3.05, 3.63) is 48.0 Å². The highest BCUT2D eigenvalue weighted by Gasteiger charge is 2.06. The number of nitrogens with zero attached hydrogens (tertiary/aromatic N) is 1. The van der Waals surface area contributed by atoms with Crippen molar-refractivity contribution in [2.45, 2.75) is 19.5 Å². The normalized spacial score (nSPS) is 12.4. The number of aromatic amines is 1. The van der Waals surface area contributed by atoms with E-state index in [4.69, 9.17) is 4.74 Å². The molecule has 2 rings (SSSR count). The van der Waals surface area contributed by atoms with E-state index in [0.29, 0.717) is 0 Å². The van der Waals surface area contributed by atoms with E-state index < -0.39 is 0 Å². The quantitative estimate of drug-likeness (QED) is 0.830. The Balaban J connectivity index is 1.93. The van der Waals surface area contributed by atoms with E-state index in [1.807, 2.05) is 24.4 Å². The SMILES string of the molecule is COc1cccc(CNC(C)c2ncc[nH]2)c1. The molecule has 0 bridgehead atoms. The van der Waals surface area contributed by atoms with Gasteiger partial charge in [-0.25, -0.2) is 4.98 Å². The zero-order valence-electron chi connectivity index (χ0n) is 10.1. The van der Waals surface area contributed by atoms with Gasteiger partial charge in [-0.2, -0.15) is 0 Å². The van der Waals surface area contributed by atoms with Crippen molar-refractivity contribution in [2.75, 3.05) is 7.11 Å². The topological polar surface area (TPSA) is 49.9 Å². The largest absolute Gasteiger partial charge is 0.497 e. The molecule has 0 saturated heterocycles. The van der Waals surface area contributed by atoms with Crippen LogP contribution in [0.4, 0.5) is 0 Å². The molecule has 1 aromatic heterocycles. The second-order valence-electron chi connectivity index (χ2n) is 3.93. The molecule has 0 spiro atoms. The molecule has 1 aromatic carbocycles. The first-order chi connectivity index (χ1) is 8.29. The van der Waals surface area contributed by atoms with Gasteiger partial charge in [0.15, 0.2) is 0 Å². The maximum atomic E-state index is 5.19. The molecule has 1 unspecified atom stereocenters. The number of H-pyrrole nitrogens is 1. The fourth-order valence-electron chi connectivity index (χ4n) is 1.66. The van der Waals surface area contributed by atoms with E-state index in [2.05, 4.69) is 28.3 Å². The summed E-state index contributed by atoms with van der Waals surface area (Å²) in [6.07, 6.45) is 3.60. The Morgan fingerprint density at radius 1 is 1.47 bits per heavy atom. The molecule has 1 atom stereocenters. The molecule has 17 heavy (non-hydrogen) atoms. The third-order valence-electron chi connectivity index (χ3n) is 2.68. The number of ether oxygens (including phenoxy) is 1. The minimum absolute atomic E-state index is 0.205. The summed E-state index contributed by atoms with van der Waals surface area (Å²) in [7, 11) is 1.68. The summed E-state index contributed by atoms with van der Waals surface area (Å²) in [6, 6.07) is 8.25. The van der Waals surface area contributed by atoms with Gasteiger partial charge in [0, 0.05) is 18.9 Å². The van der Waals surface area contributed by atoms with Crippen molar-refractivity contribution < 1.29 is 4.74 Å². The molecule has 0 aliphatic carbocycles. The standard InChI is InChI=1S/C13H17N3O/c1-10(13-14-6-7-15-13)16-9-11-4-3-5-12(8-11)17-2/h3-8,10,16H,9H2,1-2H3,(H,14,15). The Hall–Kier alpha value is -1.81. The van der Waals surface area contributed by atoms with Crippen LogP contribution in [-0.2, 0) is 6.54 Å². The summed E-state index contributed by atoms with van der Waals surface area (Å²) in [5.41, 5.74) is 1.20. The van der Waals surface area contributed by atoms with E-state index in [-0.39, 0.29) is 6.04 Å². The summed E-state index contributed by atoms with van der Waals surface area (Å²) >= 11 is 0. The predicted molar refractivity (Wildman–Crippen MR) is 66.8 cm³/mol. The monoisotopic (exact) mass is 231 g/mol. The average molecular weight is 231 g/mol. The minimum Gasteiger partial charge on any atom is -0.497 e. The van der Waals surface area contributed by atoms with Crippen molar-refractivity contribution in [2.24, 2.45) is 0 Å². The lowest BCUT2D eigenvalue weighted by Crippen LogP contribution is -2.19. The molecule has 0 aliphatic heterocycles. The smallest absolute Gasteiger partial charge is 0.122 e. The van der Waals surface area contributed by atoms with Gasteiger partial charge in [-0.05, 0) is 24.6 Å². The molecule has 0 aliphatic rings. The van der Waals surface area contributed by atoms with Crippen LogP contribution in [0, 0.1) is 0 Å². The summed E-state index contributed by atoms with van der Waals surface area (Å²) in [5, 5.41) is 3.40. The molecule has 0 fully saturated rings. The molecule has 90 valence electrons. The van der Waals surface area contributed by atoms with Crippen molar-refractivity contribution in [1.29, 1.82) is 0 Å². The third-order valence-corrected chi connectivity index (χ3v) is 2.68. The molecule has 0 amide bonds. The van der Waals surface area contributed by atoms with E-state index in [0.717, 1.165) is 18.1 Å². The van der Waals surface area contributed by atoms with Gasteiger partial charge in [-0.1, -0.05) is 12.1 Å². The first-order valence-corrected chi connectivity index (χ1v) is 5.65. The van der Waals surface area contributed by atoms with E-state index in [1.54, 1.807) is 13.3 Å². The molecule has 4 nitrogen and oxygen atoms in total. The van der Waals surface area contributed by atoms with Crippen LogP contribution in [-0.4, -0.2) is 17.1 Å². The van der Waals surface area contributed by atoms with Gasteiger partial charge in [0.2, 0.25) is 0 Å². The second-order valence-corrected chi connectivity index (χ2v) is 3.93. The van der Waals surface area contributed by atoms with Crippen LogP contribution in [0.3, 0.4) is 0 Å². The number of aromatic nitrogens is 2. The fraction of sp³-hybridized carbons (Fsp3) is 0.308. The zero-order chi connectivity index (χ0) is 12.1. The van der Waals surface area contributed by atoms with Crippen LogP contribution in [0.5, 0.6) is 5.75 Å². The Labute approximate surface area is 101 Å². The van der Waals surface area contributed by atoms with Gasteiger partial charge < -0.3 is 15.0 Å². The summed E-state index contributed by atoms with van der Waals surface area (Å²) in [4.78, 5) is 7.32. The van der Waals surface area contributed by atoms with Crippen LogP contribution in [0.25, 0.3) is 0 Å². The predicted octanol–water partition coefficient (Wildman–Crippen LogP) is 2.27. The molecule has 1 heterocycles. The highest BCUT2D eigenvalue weighted by molar-refractivity contribution is 5.28. The van der Waals surface area contributed by atoms with Gasteiger partial charge in [0.05, 0.1) is 13.2 Å². The molecular weight excluding hydrogens is 214 g/mol. The van der Waals surface area contributed by atoms with Crippen LogP contribution < -0.4 is 10.1 Å². The van der Waals surface area contributed by atoms with Crippen molar-refractivity contribution >= 4 is 0 Å². The van der Waals surface area contributed by atoms with Gasteiger partial charge >= 0.3 is 0 Å². The fourth-order valence-corrected chi connectivity index (χ4v) is 1.66. The number of nitrogens with one attached hydrogen (secondary N) is 2. The van der Waals surface area contributed by atoms with Crippen LogP contribution in [0.15, 0.2) is 36.7 Å². The van der Waals surface area contributed by atoms with Crippen LogP contribution >= 0.6 is 0 Å². The summed E-state index contributed by atoms with van der Waals surface area (Å²) in [5.74, 6) is 1.84. The Bertz CT molecular complexity index is 453. The maximum Gasteiger partial charge on any atom is 0.122 e.